The van der Waals surface area contributed by atoms with Crippen molar-refractivity contribution in [2.24, 2.45) is 0 Å². The third-order valence-electron chi connectivity index (χ3n) is 15.1. The van der Waals surface area contributed by atoms with Crippen molar-refractivity contribution in [1.29, 1.82) is 0 Å². The van der Waals surface area contributed by atoms with Gasteiger partial charge in [-0.1, -0.05) is 218 Å². The van der Waals surface area contributed by atoms with Crippen LogP contribution in [0.5, 0.6) is 0 Å². The normalized spacial score (nSPS) is 14.9. The first-order valence-electron chi connectivity index (χ1n) is 25.1. The highest BCUT2D eigenvalue weighted by molar-refractivity contribution is 6.24. The molecule has 2 unspecified atom stereocenters. The Kier molecular flexibility index (Phi) is 10.0. The Hall–Kier alpha value is -9.24. The van der Waals surface area contributed by atoms with Gasteiger partial charge in [0.1, 0.15) is 0 Å². The lowest BCUT2D eigenvalue weighted by Gasteiger charge is -2.31. The molecule has 1 aliphatic heterocycles. The van der Waals surface area contributed by atoms with E-state index >= 15 is 0 Å². The van der Waals surface area contributed by atoms with Crippen molar-refractivity contribution in [3.8, 4) is 33.4 Å². The molecule has 0 N–H and O–H groups in total. The molecule has 2 heteroatoms. The Morgan fingerprint density at radius 1 is 0.361 bits per heavy atom. The third-order valence-corrected chi connectivity index (χ3v) is 15.1. The minimum Gasteiger partial charge on any atom is -0.333 e. The van der Waals surface area contributed by atoms with Crippen molar-refractivity contribution < 1.29 is 0 Å². The number of fused-ring (bicyclic) bond motifs is 7. The molecule has 0 radical (unpaired) electrons. The van der Waals surface area contributed by atoms with E-state index in [1.807, 2.05) is 0 Å². The van der Waals surface area contributed by atoms with Crippen LogP contribution < -0.4 is 9.80 Å². The van der Waals surface area contributed by atoms with Crippen molar-refractivity contribution in [3.63, 3.8) is 0 Å². The lowest BCUT2D eigenvalue weighted by atomic mass is 9.84. The number of para-hydroxylation sites is 1. The Bertz CT molecular complexity index is 4040. The van der Waals surface area contributed by atoms with Crippen LogP contribution in [0.3, 0.4) is 0 Å². The summed E-state index contributed by atoms with van der Waals surface area (Å²) >= 11 is 0. The van der Waals surface area contributed by atoms with Crippen molar-refractivity contribution in [3.05, 3.63) is 290 Å². The zero-order valence-corrected chi connectivity index (χ0v) is 39.6. The van der Waals surface area contributed by atoms with Gasteiger partial charge >= 0.3 is 0 Å². The molecule has 0 amide bonds. The molecule has 2 nitrogen and oxygen atoms in total. The predicted molar refractivity (Wildman–Crippen MR) is 306 cm³/mol. The van der Waals surface area contributed by atoms with E-state index in [1.54, 1.807) is 0 Å². The van der Waals surface area contributed by atoms with Crippen molar-refractivity contribution in [1.82, 2.24) is 0 Å². The zero-order valence-electron chi connectivity index (χ0n) is 39.6. The monoisotopic (exact) mass is 916 g/mol. The average molecular weight is 917 g/mol. The largest absolute Gasteiger partial charge is 0.333 e. The second-order valence-electron chi connectivity index (χ2n) is 19.1. The van der Waals surface area contributed by atoms with Gasteiger partial charge in [0.15, 0.2) is 0 Å². The van der Waals surface area contributed by atoms with E-state index in [2.05, 4.69) is 289 Å². The first kappa shape index (κ1) is 41.7. The number of hydrogen-bond donors (Lipinski definition) is 0. The van der Waals surface area contributed by atoms with Gasteiger partial charge in [-0.25, -0.2) is 0 Å². The van der Waals surface area contributed by atoms with E-state index in [1.165, 1.54) is 105 Å². The van der Waals surface area contributed by atoms with Gasteiger partial charge in [-0.05, 0) is 148 Å². The number of anilines is 5. The van der Waals surface area contributed by atoms with Crippen LogP contribution in [0.1, 0.15) is 17.0 Å². The van der Waals surface area contributed by atoms with Gasteiger partial charge in [0, 0.05) is 34.1 Å². The molecule has 12 aromatic carbocycles. The maximum Gasteiger partial charge on any atom is 0.0630 e. The van der Waals surface area contributed by atoms with Gasteiger partial charge < -0.3 is 9.80 Å². The molecule has 0 saturated heterocycles. The van der Waals surface area contributed by atoms with Crippen molar-refractivity contribution in [2.75, 3.05) is 9.80 Å². The smallest absolute Gasteiger partial charge is 0.0630 e. The molecule has 0 aromatic heterocycles. The fraction of sp³-hybridized carbons (Fsp3) is 0.0286. The fourth-order valence-electron chi connectivity index (χ4n) is 11.9. The summed E-state index contributed by atoms with van der Waals surface area (Å²) < 4.78 is 0. The molecule has 2 atom stereocenters. The fourth-order valence-corrected chi connectivity index (χ4v) is 11.9. The van der Waals surface area contributed by atoms with Crippen LogP contribution in [-0.4, -0.2) is 6.04 Å². The number of hydrogen-bond acceptors (Lipinski definition) is 2. The van der Waals surface area contributed by atoms with E-state index in [0.717, 1.165) is 17.1 Å². The summed E-state index contributed by atoms with van der Waals surface area (Å²) in [6.07, 6.45) is 7.22. The minimum atomic E-state index is 0.139. The number of rotatable bonds is 8. The van der Waals surface area contributed by atoms with E-state index in [9.17, 15) is 0 Å². The topological polar surface area (TPSA) is 6.48 Å². The van der Waals surface area contributed by atoms with E-state index in [0.29, 0.717) is 0 Å². The van der Waals surface area contributed by atoms with Crippen molar-refractivity contribution in [2.45, 2.75) is 12.0 Å². The molecule has 0 fully saturated rings. The molecular weight excluding hydrogens is 869 g/mol. The summed E-state index contributed by atoms with van der Waals surface area (Å²) in [4.78, 5) is 4.97. The Morgan fingerprint density at radius 3 is 1.61 bits per heavy atom. The molecule has 14 rings (SSSR count). The minimum absolute atomic E-state index is 0.139. The Labute approximate surface area is 420 Å². The maximum absolute atomic E-state index is 2.55. The van der Waals surface area contributed by atoms with Crippen LogP contribution in [0.25, 0.3) is 82.0 Å². The van der Waals surface area contributed by atoms with Gasteiger partial charge in [-0.15, -0.1) is 0 Å². The molecule has 0 bridgehead atoms. The number of allylic oxidation sites excluding steroid dienone is 2. The van der Waals surface area contributed by atoms with Gasteiger partial charge in [-0.3, -0.25) is 0 Å². The predicted octanol–water partition coefficient (Wildman–Crippen LogP) is 19.0. The zero-order chi connectivity index (χ0) is 47.5. The summed E-state index contributed by atoms with van der Waals surface area (Å²) in [7, 11) is 0. The van der Waals surface area contributed by atoms with E-state index in [-0.39, 0.29) is 12.0 Å². The second-order valence-corrected chi connectivity index (χ2v) is 19.1. The molecule has 338 valence electrons. The van der Waals surface area contributed by atoms with Crippen molar-refractivity contribution >= 4 is 77.1 Å². The second kappa shape index (κ2) is 17.3. The van der Waals surface area contributed by atoms with Crippen LogP contribution in [0.4, 0.5) is 28.4 Å². The van der Waals surface area contributed by atoms with E-state index < -0.39 is 0 Å². The summed E-state index contributed by atoms with van der Waals surface area (Å²) in [5, 5.41) is 9.89. The summed E-state index contributed by atoms with van der Waals surface area (Å²) in [6.45, 7) is 0. The van der Waals surface area contributed by atoms with E-state index in [4.69, 9.17) is 0 Å². The highest BCUT2D eigenvalue weighted by atomic mass is 15.2. The molecule has 12 aromatic rings. The Morgan fingerprint density at radius 2 is 0.917 bits per heavy atom. The quantitative estimate of drug-likeness (QED) is 0.140. The molecule has 2 aliphatic rings. The molecular formula is C70H48N2. The lowest BCUT2D eigenvalue weighted by molar-refractivity contribution is 0.747. The van der Waals surface area contributed by atoms with Gasteiger partial charge in [-0.2, -0.15) is 0 Å². The summed E-state index contributed by atoms with van der Waals surface area (Å²) in [5.41, 5.74) is 17.1. The van der Waals surface area contributed by atoms with Gasteiger partial charge in [0.25, 0.3) is 0 Å². The van der Waals surface area contributed by atoms with Crippen LogP contribution in [0.2, 0.25) is 0 Å². The first-order valence-corrected chi connectivity index (χ1v) is 25.1. The van der Waals surface area contributed by atoms with Crippen LogP contribution >= 0.6 is 0 Å². The average Bonchev–Trinajstić information content (AvgIpc) is 3.78. The number of benzene rings is 12. The molecule has 0 spiro atoms. The van der Waals surface area contributed by atoms with Crippen LogP contribution in [-0.2, 0) is 0 Å². The number of nitrogens with zero attached hydrogens (tertiary/aromatic N) is 2. The van der Waals surface area contributed by atoms with Crippen LogP contribution in [0, 0.1) is 0 Å². The highest BCUT2D eigenvalue weighted by Crippen LogP contribution is 2.52. The molecule has 1 aliphatic carbocycles. The third kappa shape index (κ3) is 6.94. The standard InChI is InChI=1S/C70H48N2/c1-4-18-47(19-5-1)51-34-41-67-64(45-51)65-46-52(48-20-6-2-7-21-48)35-42-68(65)72(67)56-38-36-55(37-39-56)71(54-24-8-3-9-25-54)66-43-40-63(57-26-12-13-27-58(57)66)70-61-30-16-14-28-59(61)69(60-29-15-17-31-62(60)70)53-33-32-49-22-10-11-23-50(49)44-53/h1-46,64,67H. The highest BCUT2D eigenvalue weighted by Gasteiger charge is 2.39. The van der Waals surface area contributed by atoms with Gasteiger partial charge in [0.2, 0.25) is 0 Å². The lowest BCUT2D eigenvalue weighted by Crippen LogP contribution is -2.29. The summed E-state index contributed by atoms with van der Waals surface area (Å²) in [6, 6.07) is 96.0. The SMILES string of the molecule is C1=CC2C(C=C1c1ccccc1)c1cc(-c3ccccc3)ccc1N2c1ccc(N(c2ccccc2)c2ccc(-c3c4ccccc4c(-c4ccc5ccccc5c4)c4ccccc34)c3ccccc23)cc1. The Balaban J connectivity index is 0.893. The molecule has 72 heavy (non-hydrogen) atoms. The first-order chi connectivity index (χ1) is 35.7. The van der Waals surface area contributed by atoms with Crippen LogP contribution in [0.15, 0.2) is 279 Å². The van der Waals surface area contributed by atoms with Gasteiger partial charge in [0.05, 0.1) is 11.7 Å². The molecule has 0 saturated carbocycles. The maximum atomic E-state index is 2.55. The molecule has 1 heterocycles. The summed E-state index contributed by atoms with van der Waals surface area (Å²) in [5.74, 6) is 0.193.